The van der Waals surface area contributed by atoms with E-state index in [-0.39, 0.29) is 42.8 Å². The number of aromatic nitrogens is 8. The molecule has 2 N–H and O–H groups in total. The van der Waals surface area contributed by atoms with Crippen molar-refractivity contribution in [2.24, 2.45) is 21.1 Å². The van der Waals surface area contributed by atoms with Crippen molar-refractivity contribution in [3.05, 3.63) is 212 Å². The van der Waals surface area contributed by atoms with Gasteiger partial charge in [0.25, 0.3) is 0 Å². The Morgan fingerprint density at radius 3 is 1.44 bits per heavy atom. The summed E-state index contributed by atoms with van der Waals surface area (Å²) in [6.07, 6.45) is 12.9. The Morgan fingerprint density at radius 2 is 1.00 bits per heavy atom. The van der Waals surface area contributed by atoms with Gasteiger partial charge < -0.3 is 23.8 Å². The molecule has 1 atom stereocenters. The first-order valence-electron chi connectivity index (χ1n) is 25.2. The van der Waals surface area contributed by atoms with Crippen LogP contribution in [0.15, 0.2) is 195 Å². The fourth-order valence-electron chi connectivity index (χ4n) is 7.67. The van der Waals surface area contributed by atoms with Crippen molar-refractivity contribution in [2.45, 2.75) is 47.1 Å². The van der Waals surface area contributed by atoms with Crippen LogP contribution in [-0.2, 0) is 21.1 Å². The standard InChI is InChI=1S/C18H15P.C11H14N2.C10H12N2O.C10H10N2O.C7H6N2.CH4.BH4.Na/c1-4-10-16(11-5-1)19(17-12-6-2-7-13-17)18-14-8-3-9-15-18;1-8(2)10-7-13(3)11-9(10)5-4-6-12-11;2*1-7(13)9-6-12(2)10-8(9)4-3-5-11-10;1-2-6-3-5-9-7(6)8-4-1;;;/h1-15H;4-8H,1-3H3;3-7,13H,1-2H3;3-6H,1-2H3;1-5H,(H,8,9);2*1H4;/q;;;;;;-1;+1/i;8D;7D;;;;1D4;. The zero-order chi connectivity index (χ0) is 53.6. The van der Waals surface area contributed by atoms with Crippen molar-refractivity contribution in [2.75, 3.05) is 0 Å². The molecule has 3 aromatic carbocycles. The summed E-state index contributed by atoms with van der Waals surface area (Å²) in [4.78, 5) is 31.0. The zero-order valence-corrected chi connectivity index (χ0v) is 43.4. The first-order chi connectivity index (χ1) is 35.1. The number of carbonyl (C=O) groups excluding carboxylic acids is 1. The third-order valence-electron chi connectivity index (χ3n) is 10.9. The van der Waals surface area contributed by atoms with E-state index in [1.165, 1.54) is 22.8 Å². The number of H-pyrrole nitrogens is 1. The molecule has 0 bridgehead atoms. The number of pyridine rings is 4. The minimum Gasteiger partial charge on any atom is -0.389 e. The molecule has 11 rings (SSSR count). The van der Waals surface area contributed by atoms with Gasteiger partial charge in [0.2, 0.25) is 0 Å². The van der Waals surface area contributed by atoms with Crippen LogP contribution in [0, 0.1) is 0 Å². The monoisotopic (exact) mass is 965 g/mol. The maximum Gasteiger partial charge on any atom is 1.00 e. The Kier molecular flexibility index (Phi) is 18.3. The third-order valence-corrected chi connectivity index (χ3v) is 13.3. The number of nitrogens with zero attached hydrogens (tertiary/aromatic N) is 7. The topological polar surface area (TPSA) is 119 Å². The van der Waals surface area contributed by atoms with Crippen molar-refractivity contribution in [3.8, 4) is 0 Å². The number of aliphatic hydroxyl groups is 1. The van der Waals surface area contributed by atoms with Crippen LogP contribution in [0.2, 0.25) is 0 Å². The van der Waals surface area contributed by atoms with E-state index in [0.29, 0.717) is 5.56 Å². The van der Waals surface area contributed by atoms with Crippen LogP contribution in [0.1, 0.15) is 71.3 Å². The molecule has 0 aliphatic carbocycles. The Morgan fingerprint density at radius 1 is 0.600 bits per heavy atom. The molecule has 0 amide bonds. The number of carbonyl (C=O) groups is 1. The summed E-state index contributed by atoms with van der Waals surface area (Å²) in [5.41, 5.74) is 5.90. The predicted molar refractivity (Wildman–Crippen MR) is 296 cm³/mol. The molecule has 0 aliphatic rings. The largest absolute Gasteiger partial charge is 1.00 e. The molecule has 354 valence electrons. The van der Waals surface area contributed by atoms with Crippen molar-refractivity contribution < 1.29 is 42.2 Å². The number of ketones is 1. The van der Waals surface area contributed by atoms with Crippen LogP contribution >= 0.6 is 7.92 Å². The molecule has 0 spiro atoms. The Bertz CT molecular complexity index is 3310. The van der Waals surface area contributed by atoms with Crippen molar-refractivity contribution in [3.63, 3.8) is 0 Å². The number of rotatable bonds is 6. The van der Waals surface area contributed by atoms with Gasteiger partial charge in [0.15, 0.2) is 5.78 Å². The van der Waals surface area contributed by atoms with E-state index < -0.39 is 28.2 Å². The number of fused-ring (bicyclic) bond motifs is 4. The minimum atomic E-state index is -3.00. The molecule has 70 heavy (non-hydrogen) atoms. The molecule has 11 aromatic rings. The van der Waals surface area contributed by atoms with Crippen molar-refractivity contribution in [1.82, 2.24) is 38.6 Å². The second-order valence-electron chi connectivity index (χ2n) is 16.0. The van der Waals surface area contributed by atoms with Gasteiger partial charge >= 0.3 is 29.6 Å². The Balaban J connectivity index is 0.000000202. The first-order valence-corrected chi connectivity index (χ1v) is 23.2. The summed E-state index contributed by atoms with van der Waals surface area (Å²) < 4.78 is 45.3. The number of hydrogen-bond donors (Lipinski definition) is 2. The zero-order valence-electron chi connectivity index (χ0n) is 46.5. The van der Waals surface area contributed by atoms with E-state index in [2.05, 4.69) is 116 Å². The summed E-state index contributed by atoms with van der Waals surface area (Å²) in [6.45, 7) is 6.82. The van der Waals surface area contributed by atoms with Gasteiger partial charge in [-0.05, 0) is 104 Å². The molecule has 0 aliphatic heterocycles. The second kappa shape index (κ2) is 27.1. The smallest absolute Gasteiger partial charge is 0.389 e. The van der Waals surface area contributed by atoms with Gasteiger partial charge in [0.1, 0.15) is 22.6 Å². The van der Waals surface area contributed by atoms with Crippen LogP contribution in [-0.4, -0.2) is 63.1 Å². The van der Waals surface area contributed by atoms with E-state index in [1.807, 2.05) is 116 Å². The van der Waals surface area contributed by atoms with Gasteiger partial charge in [0, 0.05) is 105 Å². The normalized spacial score (nSPS) is 12.7. The van der Waals surface area contributed by atoms with Crippen LogP contribution < -0.4 is 45.5 Å². The van der Waals surface area contributed by atoms with Crippen molar-refractivity contribution in [1.29, 1.82) is 5.34 Å². The average molecular weight is 965 g/mol. The summed E-state index contributed by atoms with van der Waals surface area (Å²) in [7, 11) is 2.26. The van der Waals surface area contributed by atoms with Gasteiger partial charge in [-0.2, -0.15) is 0 Å². The molecule has 0 radical (unpaired) electrons. The van der Waals surface area contributed by atoms with Crippen LogP contribution in [0.5, 0.6) is 0 Å². The summed E-state index contributed by atoms with van der Waals surface area (Å²) in [5, 5.41) is 17.8. The second-order valence-corrected chi connectivity index (χ2v) is 18.2. The van der Waals surface area contributed by atoms with Crippen LogP contribution in [0.25, 0.3) is 44.1 Å². The maximum absolute atomic E-state index is 11.2. The predicted octanol–water partition coefficient (Wildman–Crippen LogP) is 7.30. The Hall–Kier alpha value is -6.46. The minimum absolute atomic E-state index is 0. The van der Waals surface area contributed by atoms with Gasteiger partial charge in [-0.1, -0.05) is 121 Å². The molecule has 10 nitrogen and oxygen atoms in total. The van der Waals surface area contributed by atoms with Gasteiger partial charge in [-0.15, -0.1) is 0 Å². The summed E-state index contributed by atoms with van der Waals surface area (Å²) >= 11 is 0. The first kappa shape index (κ1) is 47.2. The molecule has 0 saturated carbocycles. The fraction of sp³-hybridized carbons (Fsp3) is 0.175. The average Bonchev–Trinajstić information content (AvgIpc) is 4.17. The number of hydrogen-bond acceptors (Lipinski definition) is 6. The number of aryl methyl sites for hydroxylation is 3. The number of Topliss-reactive ketones (excluding diaryl/α,β-unsaturated/α-hetero) is 1. The van der Waals surface area contributed by atoms with Crippen LogP contribution in [0.3, 0.4) is 0 Å². The summed E-state index contributed by atoms with van der Waals surface area (Å²) in [5.74, 6) is -0.485. The summed E-state index contributed by atoms with van der Waals surface area (Å²) in [6, 6.07) is 49.6. The molecule has 0 fully saturated rings. The molecule has 8 aromatic heterocycles. The molecule has 0 saturated heterocycles. The van der Waals surface area contributed by atoms with E-state index >= 15 is 0 Å². The molecule has 1 unspecified atom stereocenters. The van der Waals surface area contributed by atoms with E-state index in [4.69, 9.17) is 8.08 Å². The number of nitrogens with one attached hydrogen (secondary N) is 1. The van der Waals surface area contributed by atoms with E-state index in [1.54, 1.807) is 44.0 Å². The van der Waals surface area contributed by atoms with Crippen LogP contribution in [0.4, 0.5) is 0 Å². The SMILES string of the molecule is C.CC(=O)c1cn(C)c2ncccc12.[2H]C(C)(C)c1cn(C)c2ncccc12.[2H]C(C)(O)c1cn(C)c2ncccc12.[2H][B-]([2H])([2H])[2H].[Na+].c1ccc(P(c2ccccc2)c2ccccc2)cc1.c1cnc2[nH]ccc2c1. The molecular formula is C57H65BN8NaO2P. The van der Waals surface area contributed by atoms with Crippen molar-refractivity contribution >= 4 is 82.0 Å². The van der Waals surface area contributed by atoms with E-state index in [9.17, 15) is 9.90 Å². The number of benzene rings is 3. The van der Waals surface area contributed by atoms with E-state index in [0.717, 1.165) is 55.3 Å². The number of aromatic amines is 1. The van der Waals surface area contributed by atoms with Gasteiger partial charge in [-0.3, -0.25) is 4.79 Å². The fourth-order valence-corrected chi connectivity index (χ4v) is 9.97. The quantitative estimate of drug-likeness (QED) is 0.103. The Labute approximate surface area is 445 Å². The maximum atomic E-state index is 11.2. The molecular weight excluding hydrogens is 893 g/mol. The third kappa shape index (κ3) is 13.9. The van der Waals surface area contributed by atoms with Gasteiger partial charge in [-0.25, -0.2) is 25.3 Å². The van der Waals surface area contributed by atoms with Gasteiger partial charge in [0.05, 0.1) is 7.45 Å². The molecule has 8 heterocycles. The molecule has 13 heteroatoms.